The number of hydrogen-bond donors (Lipinski definition) is 0. The largest absolute Gasteiger partial charge is 0.409 e. The van der Waals surface area contributed by atoms with E-state index in [2.05, 4.69) is 11.2 Å². The molecule has 0 aromatic carbocycles. The molecule has 0 aliphatic rings. The maximum Gasteiger partial charge on any atom is 0.409 e. The zero-order valence-corrected chi connectivity index (χ0v) is 7.02. The Bertz CT molecular complexity index is 319. The SMILES string of the molecule is FC(F)(F)C=Cc1cn[c]c(Cl)c1. The molecular formula is C8H4ClF3N. The molecule has 1 nitrogen and oxygen atoms in total. The summed E-state index contributed by atoms with van der Waals surface area (Å²) in [5.74, 6) is 0. The fourth-order valence-electron chi connectivity index (χ4n) is 0.666. The second-order valence-electron chi connectivity index (χ2n) is 2.24. The molecule has 0 aliphatic carbocycles. The average molecular weight is 207 g/mol. The molecule has 0 unspecified atom stereocenters. The first-order valence-electron chi connectivity index (χ1n) is 3.26. The van der Waals surface area contributed by atoms with Crippen LogP contribution in [-0.2, 0) is 0 Å². The highest BCUT2D eigenvalue weighted by atomic mass is 35.5. The van der Waals surface area contributed by atoms with E-state index in [0.29, 0.717) is 5.56 Å². The van der Waals surface area contributed by atoms with Gasteiger partial charge in [0.15, 0.2) is 0 Å². The van der Waals surface area contributed by atoms with Gasteiger partial charge in [-0.15, -0.1) is 0 Å². The van der Waals surface area contributed by atoms with Gasteiger partial charge in [-0.05, 0) is 17.7 Å². The van der Waals surface area contributed by atoms with Crippen molar-refractivity contribution in [3.63, 3.8) is 0 Å². The average Bonchev–Trinajstić information content (AvgIpc) is 2.00. The normalized spacial score (nSPS) is 12.3. The summed E-state index contributed by atoms with van der Waals surface area (Å²) in [5.41, 5.74) is 0.293. The summed E-state index contributed by atoms with van der Waals surface area (Å²) in [6, 6.07) is 1.34. The van der Waals surface area contributed by atoms with Gasteiger partial charge in [-0.3, -0.25) is 4.98 Å². The third-order valence-corrected chi connectivity index (χ3v) is 1.34. The van der Waals surface area contributed by atoms with Crippen LogP contribution in [0.5, 0.6) is 0 Å². The minimum Gasteiger partial charge on any atom is -0.252 e. The Morgan fingerprint density at radius 3 is 2.69 bits per heavy atom. The van der Waals surface area contributed by atoms with Crippen molar-refractivity contribution in [2.75, 3.05) is 0 Å². The predicted molar refractivity (Wildman–Crippen MR) is 43.2 cm³/mol. The van der Waals surface area contributed by atoms with E-state index in [-0.39, 0.29) is 11.1 Å². The highest BCUT2D eigenvalue weighted by Gasteiger charge is 2.21. The van der Waals surface area contributed by atoms with E-state index in [0.717, 1.165) is 6.08 Å². The van der Waals surface area contributed by atoms with Gasteiger partial charge in [0.05, 0.1) is 5.02 Å². The van der Waals surface area contributed by atoms with Crippen molar-refractivity contribution in [1.29, 1.82) is 0 Å². The molecule has 13 heavy (non-hydrogen) atoms. The van der Waals surface area contributed by atoms with Gasteiger partial charge in [0.2, 0.25) is 0 Å². The molecule has 1 heterocycles. The van der Waals surface area contributed by atoms with Crippen molar-refractivity contribution in [3.05, 3.63) is 35.1 Å². The summed E-state index contributed by atoms with van der Waals surface area (Å²) >= 11 is 5.46. The van der Waals surface area contributed by atoms with Crippen LogP contribution in [0.2, 0.25) is 5.02 Å². The highest BCUT2D eigenvalue weighted by Crippen LogP contribution is 2.18. The van der Waals surface area contributed by atoms with E-state index in [1.165, 1.54) is 12.3 Å². The molecule has 1 aromatic rings. The van der Waals surface area contributed by atoms with Crippen LogP contribution in [0.15, 0.2) is 18.3 Å². The smallest absolute Gasteiger partial charge is 0.252 e. The first-order chi connectivity index (χ1) is 5.97. The minimum absolute atomic E-state index is 0.125. The predicted octanol–water partition coefficient (Wildman–Crippen LogP) is 3.11. The van der Waals surface area contributed by atoms with Crippen molar-refractivity contribution in [2.24, 2.45) is 0 Å². The molecule has 0 fully saturated rings. The monoisotopic (exact) mass is 206 g/mol. The van der Waals surface area contributed by atoms with Crippen LogP contribution in [0.3, 0.4) is 0 Å². The van der Waals surface area contributed by atoms with Crippen molar-refractivity contribution in [1.82, 2.24) is 4.98 Å². The Kier molecular flexibility index (Phi) is 2.93. The van der Waals surface area contributed by atoms with Gasteiger partial charge in [0.1, 0.15) is 6.20 Å². The molecule has 0 N–H and O–H groups in total. The van der Waals surface area contributed by atoms with Crippen molar-refractivity contribution < 1.29 is 13.2 Å². The van der Waals surface area contributed by atoms with Crippen LogP contribution in [-0.4, -0.2) is 11.2 Å². The molecule has 0 atom stereocenters. The molecule has 0 amide bonds. The number of allylic oxidation sites excluding steroid dienone is 1. The highest BCUT2D eigenvalue weighted by molar-refractivity contribution is 6.30. The Morgan fingerprint density at radius 2 is 2.15 bits per heavy atom. The van der Waals surface area contributed by atoms with Gasteiger partial charge in [0.25, 0.3) is 0 Å². The summed E-state index contributed by atoms with van der Waals surface area (Å²) in [4.78, 5) is 3.51. The van der Waals surface area contributed by atoms with Gasteiger partial charge in [-0.1, -0.05) is 11.6 Å². The third-order valence-electron chi connectivity index (χ3n) is 1.14. The number of hydrogen-bond acceptors (Lipinski definition) is 1. The lowest BCUT2D eigenvalue weighted by molar-refractivity contribution is -0.0790. The van der Waals surface area contributed by atoms with Gasteiger partial charge in [-0.2, -0.15) is 13.2 Å². The quantitative estimate of drug-likeness (QED) is 0.688. The molecule has 0 aliphatic heterocycles. The zero-order valence-electron chi connectivity index (χ0n) is 6.27. The number of pyridine rings is 1. The molecule has 1 radical (unpaired) electrons. The first-order valence-corrected chi connectivity index (χ1v) is 3.64. The third kappa shape index (κ3) is 3.94. The second-order valence-corrected chi connectivity index (χ2v) is 2.64. The standard InChI is InChI=1S/C8H4ClF3N/c9-7-3-6(4-13-5-7)1-2-8(10,11)12/h1-4H. The molecule has 69 valence electrons. The van der Waals surface area contributed by atoms with E-state index in [4.69, 9.17) is 11.6 Å². The van der Waals surface area contributed by atoms with Crippen LogP contribution >= 0.6 is 11.6 Å². The van der Waals surface area contributed by atoms with E-state index in [1.807, 2.05) is 0 Å². The van der Waals surface area contributed by atoms with Crippen LogP contribution in [0.1, 0.15) is 5.56 Å². The first kappa shape index (κ1) is 10.1. The lowest BCUT2D eigenvalue weighted by atomic mass is 10.2. The summed E-state index contributed by atoms with van der Waals surface area (Å²) in [6.45, 7) is 0. The summed E-state index contributed by atoms with van der Waals surface area (Å²) < 4.78 is 35.1. The maximum absolute atomic E-state index is 11.7. The topological polar surface area (TPSA) is 12.9 Å². The van der Waals surface area contributed by atoms with Gasteiger partial charge in [-0.25, -0.2) is 0 Å². The Hall–Kier alpha value is -1.03. The number of rotatable bonds is 1. The summed E-state index contributed by atoms with van der Waals surface area (Å²) in [6.07, 6.45) is 0.321. The molecule has 5 heteroatoms. The van der Waals surface area contributed by atoms with Crippen LogP contribution in [0.25, 0.3) is 6.08 Å². The Labute approximate surface area is 77.9 Å². The number of halogens is 4. The maximum atomic E-state index is 11.7. The lowest BCUT2D eigenvalue weighted by Gasteiger charge is -1.97. The van der Waals surface area contributed by atoms with E-state index in [1.54, 1.807) is 0 Å². The van der Waals surface area contributed by atoms with E-state index in [9.17, 15) is 13.2 Å². The molecule has 1 aromatic heterocycles. The van der Waals surface area contributed by atoms with Gasteiger partial charge < -0.3 is 0 Å². The van der Waals surface area contributed by atoms with Crippen LogP contribution < -0.4 is 0 Å². The van der Waals surface area contributed by atoms with Crippen LogP contribution in [0, 0.1) is 6.20 Å². The molecule has 1 rings (SSSR count). The minimum atomic E-state index is -4.31. The molecule has 0 saturated carbocycles. The number of alkyl halides is 3. The number of aromatic nitrogens is 1. The summed E-state index contributed by atoms with van der Waals surface area (Å²) in [5, 5.41) is 0.185. The molecule has 0 saturated heterocycles. The van der Waals surface area contributed by atoms with Crippen molar-refractivity contribution in [3.8, 4) is 0 Å². The van der Waals surface area contributed by atoms with Gasteiger partial charge >= 0.3 is 6.18 Å². The number of nitrogens with zero attached hydrogens (tertiary/aromatic N) is 1. The second kappa shape index (κ2) is 3.79. The molecule has 0 spiro atoms. The fraction of sp³-hybridized carbons (Fsp3) is 0.125. The van der Waals surface area contributed by atoms with Gasteiger partial charge in [0, 0.05) is 12.3 Å². The lowest BCUT2D eigenvalue weighted by Crippen LogP contribution is -2.00. The Balaban J connectivity index is 2.80. The van der Waals surface area contributed by atoms with Crippen molar-refractivity contribution in [2.45, 2.75) is 6.18 Å². The fourth-order valence-corrected chi connectivity index (χ4v) is 0.841. The summed E-state index contributed by atoms with van der Waals surface area (Å²) in [7, 11) is 0. The zero-order chi connectivity index (χ0) is 9.90. The van der Waals surface area contributed by atoms with E-state index < -0.39 is 6.18 Å². The Morgan fingerprint density at radius 1 is 1.46 bits per heavy atom. The van der Waals surface area contributed by atoms with E-state index >= 15 is 0 Å². The van der Waals surface area contributed by atoms with Crippen LogP contribution in [0.4, 0.5) is 13.2 Å². The molecule has 0 bridgehead atoms. The van der Waals surface area contributed by atoms with Crippen molar-refractivity contribution >= 4 is 17.7 Å². The molecular weight excluding hydrogens is 203 g/mol.